The van der Waals surface area contributed by atoms with Crippen molar-refractivity contribution in [1.29, 1.82) is 0 Å². The number of fused-ring (bicyclic) bond motifs is 7. The van der Waals surface area contributed by atoms with E-state index < -0.39 is 15.6 Å². The quantitative estimate of drug-likeness (QED) is 0.158. The second-order valence-electron chi connectivity index (χ2n) is 9.77. The summed E-state index contributed by atoms with van der Waals surface area (Å²) >= 11 is 1.72. The Morgan fingerprint density at radius 2 is 1.79 bits per heavy atom. The van der Waals surface area contributed by atoms with Crippen LogP contribution in [-0.4, -0.2) is 48.1 Å². The van der Waals surface area contributed by atoms with Gasteiger partial charge in [0.25, 0.3) is 0 Å². The second-order valence-corrected chi connectivity index (χ2v) is 12.2. The van der Waals surface area contributed by atoms with E-state index >= 15 is 0 Å². The zero-order chi connectivity index (χ0) is 28.8. The average molecular weight is 586 g/mol. The van der Waals surface area contributed by atoms with Crippen LogP contribution in [0.5, 0.6) is 5.75 Å². The Kier molecular flexibility index (Phi) is 7.58. The smallest absolute Gasteiger partial charge is 0.485 e. The number of alkyl halides is 3. The fourth-order valence-electron chi connectivity index (χ4n) is 4.20. The number of methoxy groups -OCH3 is 1. The van der Waals surface area contributed by atoms with Crippen LogP contribution in [0.4, 0.5) is 19.0 Å². The number of ether oxygens (including phenoxy) is 2. The summed E-state index contributed by atoms with van der Waals surface area (Å²) in [5.41, 5.74) is -2.61. The number of halogens is 3. The number of nitrogens with one attached hydrogen (secondary N) is 1. The van der Waals surface area contributed by atoms with Gasteiger partial charge in [-0.3, -0.25) is 4.79 Å². The van der Waals surface area contributed by atoms with E-state index in [1.165, 1.54) is 11.8 Å². The molecule has 9 nitrogen and oxygen atoms in total. The number of esters is 1. The summed E-state index contributed by atoms with van der Waals surface area (Å²) < 4.78 is 75.9. The van der Waals surface area contributed by atoms with Gasteiger partial charge in [-0.1, -0.05) is 24.3 Å². The number of thiazole rings is 1. The minimum atomic E-state index is -6.09. The molecule has 4 aromatic rings. The Bertz CT molecular complexity index is 1640. The van der Waals surface area contributed by atoms with E-state index in [1.807, 2.05) is 18.2 Å². The molecule has 0 aliphatic carbocycles. The van der Waals surface area contributed by atoms with Gasteiger partial charge >= 0.3 is 16.4 Å². The highest BCUT2D eigenvalue weighted by atomic mass is 32.2. The number of benzene rings is 2. The molecule has 1 N–H and O–H groups in total. The Morgan fingerprint density at radius 1 is 1.18 bits per heavy atom. The summed E-state index contributed by atoms with van der Waals surface area (Å²) in [4.78, 5) is 13.4. The summed E-state index contributed by atoms with van der Waals surface area (Å²) in [5, 5.41) is 3.74. The molecule has 210 valence electrons. The SMILES string of the molecule is COC(=O)CC1COc2ccccc2-c2c(NC(C)(C)C)n3c4ccccc4sc3[n+]21.O=S(=O)([O-])C(F)(F)F. The van der Waals surface area contributed by atoms with Gasteiger partial charge in [-0.15, -0.1) is 0 Å². The molecule has 0 saturated carbocycles. The molecule has 2 aromatic carbocycles. The predicted molar refractivity (Wildman–Crippen MR) is 139 cm³/mol. The predicted octanol–water partition coefficient (Wildman–Crippen LogP) is 4.87. The van der Waals surface area contributed by atoms with Crippen LogP contribution >= 0.6 is 11.3 Å². The van der Waals surface area contributed by atoms with Gasteiger partial charge < -0.3 is 19.3 Å². The van der Waals surface area contributed by atoms with Crippen LogP contribution in [0, 0.1) is 0 Å². The fourth-order valence-corrected chi connectivity index (χ4v) is 5.43. The van der Waals surface area contributed by atoms with Crippen LogP contribution in [-0.2, 0) is 19.6 Å². The van der Waals surface area contributed by atoms with Gasteiger partial charge in [-0.05, 0) is 56.4 Å². The Balaban J connectivity index is 0.000000386. The lowest BCUT2D eigenvalue weighted by Crippen LogP contribution is -2.43. The molecule has 3 heterocycles. The first-order chi connectivity index (χ1) is 18.1. The van der Waals surface area contributed by atoms with Crippen molar-refractivity contribution in [3.63, 3.8) is 0 Å². The van der Waals surface area contributed by atoms with Crippen LogP contribution in [0.15, 0.2) is 48.5 Å². The molecule has 39 heavy (non-hydrogen) atoms. The normalized spacial score (nSPS) is 15.4. The molecule has 1 unspecified atom stereocenters. The Labute approximate surface area is 226 Å². The summed E-state index contributed by atoms with van der Waals surface area (Å²) in [6, 6.07) is 16.3. The van der Waals surface area contributed by atoms with Crippen molar-refractivity contribution in [2.45, 2.75) is 44.3 Å². The number of hydrogen-bond acceptors (Lipinski definition) is 8. The molecule has 0 spiro atoms. The summed E-state index contributed by atoms with van der Waals surface area (Å²) in [6.07, 6.45) is 0.241. The number of hydrogen-bond donors (Lipinski definition) is 1. The highest BCUT2D eigenvalue weighted by Gasteiger charge is 2.40. The van der Waals surface area contributed by atoms with Crippen molar-refractivity contribution in [1.82, 2.24) is 4.40 Å². The van der Waals surface area contributed by atoms with E-state index in [2.05, 4.69) is 65.4 Å². The summed E-state index contributed by atoms with van der Waals surface area (Å²) in [7, 11) is -4.66. The monoisotopic (exact) mass is 585 g/mol. The molecule has 1 atom stereocenters. The van der Waals surface area contributed by atoms with Gasteiger partial charge in [0.05, 0.1) is 23.8 Å². The number of anilines is 1. The van der Waals surface area contributed by atoms with Crippen LogP contribution < -0.4 is 14.6 Å². The molecule has 1 aliphatic rings. The number of nitrogens with zero attached hydrogens (tertiary/aromatic N) is 2. The first-order valence-corrected chi connectivity index (χ1v) is 13.9. The molecular formula is C25H26F3N3O6S2. The first kappa shape index (κ1) is 28.6. The third kappa shape index (κ3) is 5.82. The highest BCUT2D eigenvalue weighted by molar-refractivity contribution is 7.86. The molecule has 0 amide bonds. The van der Waals surface area contributed by atoms with Crippen LogP contribution in [0.25, 0.3) is 26.4 Å². The lowest BCUT2D eigenvalue weighted by atomic mass is 10.1. The van der Waals surface area contributed by atoms with E-state index in [0.717, 1.165) is 33.3 Å². The lowest BCUT2D eigenvalue weighted by Gasteiger charge is -2.20. The third-order valence-corrected chi connectivity index (χ3v) is 7.43. The molecule has 14 heteroatoms. The van der Waals surface area contributed by atoms with Crippen molar-refractivity contribution in [2.75, 3.05) is 19.0 Å². The number of para-hydroxylation sites is 2. The lowest BCUT2D eigenvalue weighted by molar-refractivity contribution is -0.684. The number of imidazole rings is 1. The second kappa shape index (κ2) is 10.3. The van der Waals surface area contributed by atoms with E-state index in [-0.39, 0.29) is 24.0 Å². The number of carbonyl (C=O) groups excluding carboxylic acids is 1. The molecule has 0 bridgehead atoms. The van der Waals surface area contributed by atoms with E-state index in [1.54, 1.807) is 11.3 Å². The van der Waals surface area contributed by atoms with Gasteiger partial charge in [-0.25, -0.2) is 13.0 Å². The average Bonchev–Trinajstić information content (AvgIpc) is 3.29. The number of rotatable bonds is 3. The van der Waals surface area contributed by atoms with Crippen molar-refractivity contribution in [3.05, 3.63) is 48.5 Å². The first-order valence-electron chi connectivity index (χ1n) is 11.7. The fraction of sp³-hybridized carbons (Fsp3) is 0.360. The van der Waals surface area contributed by atoms with Crippen LogP contribution in [0.2, 0.25) is 0 Å². The zero-order valence-electron chi connectivity index (χ0n) is 21.4. The van der Waals surface area contributed by atoms with Gasteiger partial charge in [-0.2, -0.15) is 17.6 Å². The van der Waals surface area contributed by atoms with Crippen LogP contribution in [0.3, 0.4) is 0 Å². The summed E-state index contributed by atoms with van der Waals surface area (Å²) in [5.74, 6) is 1.58. The summed E-state index contributed by atoms with van der Waals surface area (Å²) in [6.45, 7) is 6.86. The minimum absolute atomic E-state index is 0.161. The Hall–Kier alpha value is -3.36. The number of carbonyl (C=O) groups is 1. The van der Waals surface area contributed by atoms with Crippen LogP contribution in [0.1, 0.15) is 33.2 Å². The molecule has 2 aromatic heterocycles. The molecule has 5 rings (SSSR count). The maximum absolute atomic E-state index is 12.3. The van der Waals surface area contributed by atoms with Gasteiger partial charge in [0, 0.05) is 5.54 Å². The maximum atomic E-state index is 12.3. The van der Waals surface area contributed by atoms with E-state index in [0.29, 0.717) is 6.61 Å². The number of aromatic nitrogens is 2. The standard InChI is InChI=1S/C24H26N3O3S.CHF3O3S/c1-24(2,3)25-22-21-16-9-5-7-11-18(16)30-14-15(13-20(28)29-4)26(21)23-27(22)17-10-6-8-12-19(17)31-23;2-1(3,4)8(5,6)7/h5-12,15,25H,13-14H2,1-4H3;(H,5,6,7)/q+1;/p-1. The zero-order valence-corrected chi connectivity index (χ0v) is 23.0. The molecule has 0 radical (unpaired) electrons. The van der Waals surface area contributed by atoms with Gasteiger partial charge in [0.2, 0.25) is 11.5 Å². The third-order valence-electron chi connectivity index (χ3n) is 5.74. The molecule has 0 fully saturated rings. The highest BCUT2D eigenvalue weighted by Crippen LogP contribution is 2.42. The van der Waals surface area contributed by atoms with Gasteiger partial charge in [0.15, 0.2) is 15.6 Å². The molecular weight excluding hydrogens is 559 g/mol. The largest absolute Gasteiger partial charge is 0.741 e. The van der Waals surface area contributed by atoms with Crippen molar-refractivity contribution in [2.24, 2.45) is 0 Å². The molecule has 0 saturated heterocycles. The van der Waals surface area contributed by atoms with Crippen molar-refractivity contribution < 1.29 is 45.0 Å². The topological polar surface area (TPSA) is 113 Å². The van der Waals surface area contributed by atoms with Crippen molar-refractivity contribution >= 4 is 48.4 Å². The minimum Gasteiger partial charge on any atom is -0.741 e. The van der Waals surface area contributed by atoms with E-state index in [4.69, 9.17) is 22.4 Å². The van der Waals surface area contributed by atoms with Crippen molar-refractivity contribution in [3.8, 4) is 17.0 Å². The van der Waals surface area contributed by atoms with E-state index in [9.17, 15) is 18.0 Å². The maximum Gasteiger partial charge on any atom is 0.485 e. The Morgan fingerprint density at radius 3 is 2.41 bits per heavy atom. The van der Waals surface area contributed by atoms with Gasteiger partial charge in [0.1, 0.15) is 18.4 Å². The molecule has 1 aliphatic heterocycles.